The van der Waals surface area contributed by atoms with Crippen LogP contribution < -0.4 is 31.9 Å². The predicted octanol–water partition coefficient (Wildman–Crippen LogP) is 0.404. The number of nitrogens with zero attached hydrogens (tertiary/aromatic N) is 1. The second-order valence-corrected chi connectivity index (χ2v) is 18.1. The highest BCUT2D eigenvalue weighted by Crippen LogP contribution is 2.18. The van der Waals surface area contributed by atoms with E-state index in [1.165, 1.54) is 30.2 Å². The van der Waals surface area contributed by atoms with Crippen molar-refractivity contribution in [2.24, 2.45) is 17.8 Å². The lowest BCUT2D eigenvalue weighted by molar-refractivity contribution is -0.156. The Balaban J connectivity index is 2.14. The van der Waals surface area contributed by atoms with Gasteiger partial charge in [-0.05, 0) is 48.3 Å². The summed E-state index contributed by atoms with van der Waals surface area (Å²) in [5, 5.41) is 56.1. The Morgan fingerprint density at radius 3 is 2.06 bits per heavy atom. The number of benzene rings is 1. The monoisotopic (exact) mass is 958 g/mol. The number of carbonyl (C=O) groups excluding carboxylic acids is 8. The average Bonchev–Trinajstić information content (AvgIpc) is 3.28. The number of amides is 7. The zero-order chi connectivity index (χ0) is 51.1. The molecule has 68 heavy (non-hydrogen) atoms. The van der Waals surface area contributed by atoms with Crippen molar-refractivity contribution in [3.63, 3.8) is 0 Å². The standard InChI is InChI=1S/C48H75N7O13/c1-9-10-11-12-13-14-15-16-38(60)50-35(26-57)44(63)54-42(29(4)5)46(65)51-34(25-56)37(59)24-40(62)53-41(28(2)3)45(64)49-32-19-22-39(61)52-43(30(6)7)47(66)55(8)36(48(67)68-27-32)23-31-17-20-33(58)21-18-31/h14-15,17-22,28-30,32,34-37,41-43,56-59H,9-13,16,23-27H2,1-8H3,(H,49,64)(H,50,60)(H,51,65)(H,52,61)(H,53,62)(H,54,63)/b15-14-,22-19-/t32-,34+,35+,36+,37+,41+,42+,43+/m1/s1. The fourth-order valence-corrected chi connectivity index (χ4v) is 7.08. The molecule has 0 unspecified atom stereocenters. The van der Waals surface area contributed by atoms with Crippen LogP contribution >= 0.6 is 0 Å². The lowest BCUT2D eigenvalue weighted by Crippen LogP contribution is -2.59. The summed E-state index contributed by atoms with van der Waals surface area (Å²) in [7, 11) is 1.42. The number of carbonyl (C=O) groups is 8. The number of hydrogen-bond donors (Lipinski definition) is 10. The minimum Gasteiger partial charge on any atom is -0.508 e. The highest BCUT2D eigenvalue weighted by atomic mass is 16.5. The van der Waals surface area contributed by atoms with E-state index in [0.29, 0.717) is 5.56 Å². The number of phenols is 1. The molecule has 0 aliphatic carbocycles. The van der Waals surface area contributed by atoms with E-state index in [1.807, 2.05) is 6.08 Å². The first-order valence-electron chi connectivity index (χ1n) is 23.4. The molecule has 8 atom stereocenters. The molecule has 1 aliphatic heterocycles. The molecule has 20 nitrogen and oxygen atoms in total. The van der Waals surface area contributed by atoms with Gasteiger partial charge in [-0.3, -0.25) is 33.6 Å². The summed E-state index contributed by atoms with van der Waals surface area (Å²) in [4.78, 5) is 108. The van der Waals surface area contributed by atoms with Crippen LogP contribution in [0.5, 0.6) is 5.75 Å². The number of allylic oxidation sites excluding steroid dienone is 1. The van der Waals surface area contributed by atoms with Crippen molar-refractivity contribution in [1.82, 2.24) is 36.8 Å². The van der Waals surface area contributed by atoms with Crippen LogP contribution in [0.1, 0.15) is 99.0 Å². The summed E-state index contributed by atoms with van der Waals surface area (Å²) in [6.07, 6.45) is 8.67. The van der Waals surface area contributed by atoms with Crippen LogP contribution in [0.25, 0.3) is 0 Å². The summed E-state index contributed by atoms with van der Waals surface area (Å²) in [5.41, 5.74) is 0.602. The van der Waals surface area contributed by atoms with Crippen molar-refractivity contribution in [3.8, 4) is 5.75 Å². The van der Waals surface area contributed by atoms with Crippen LogP contribution in [0.2, 0.25) is 0 Å². The topological polar surface area (TPSA) is 302 Å². The molecule has 0 bridgehead atoms. The van der Waals surface area contributed by atoms with E-state index in [0.717, 1.165) is 38.2 Å². The maximum absolute atomic E-state index is 13.8. The summed E-state index contributed by atoms with van der Waals surface area (Å²) in [5.74, 6) is -7.25. The van der Waals surface area contributed by atoms with Crippen molar-refractivity contribution in [2.45, 2.75) is 148 Å². The lowest BCUT2D eigenvalue weighted by Gasteiger charge is -2.32. The first-order chi connectivity index (χ1) is 32.1. The molecule has 1 aromatic rings. The number of nitrogens with one attached hydrogen (secondary N) is 6. The van der Waals surface area contributed by atoms with Gasteiger partial charge in [-0.2, -0.15) is 0 Å². The van der Waals surface area contributed by atoms with Gasteiger partial charge < -0.3 is 62.0 Å². The number of unbranched alkanes of at least 4 members (excludes halogenated alkanes) is 4. The van der Waals surface area contributed by atoms with Gasteiger partial charge in [-0.15, -0.1) is 0 Å². The molecule has 0 spiro atoms. The van der Waals surface area contributed by atoms with E-state index in [2.05, 4.69) is 38.8 Å². The van der Waals surface area contributed by atoms with Gasteiger partial charge in [0.2, 0.25) is 41.4 Å². The first kappa shape index (κ1) is 58.3. The number of cyclic esters (lactones) is 1. The Hall–Kier alpha value is -5.86. The molecule has 7 amide bonds. The number of aliphatic hydroxyl groups is 3. The van der Waals surface area contributed by atoms with E-state index >= 15 is 0 Å². The highest BCUT2D eigenvalue weighted by Gasteiger charge is 2.37. The summed E-state index contributed by atoms with van der Waals surface area (Å²) < 4.78 is 5.63. The largest absolute Gasteiger partial charge is 0.508 e. The van der Waals surface area contributed by atoms with Gasteiger partial charge in [-0.25, -0.2) is 4.79 Å². The molecule has 0 saturated heterocycles. The van der Waals surface area contributed by atoms with Gasteiger partial charge in [-0.1, -0.05) is 98.1 Å². The zero-order valence-electron chi connectivity index (χ0n) is 40.7. The molecule has 0 radical (unpaired) electrons. The Morgan fingerprint density at radius 2 is 1.47 bits per heavy atom. The maximum atomic E-state index is 13.8. The molecule has 0 aromatic heterocycles. The number of aliphatic hydroxyl groups excluding tert-OH is 3. The summed E-state index contributed by atoms with van der Waals surface area (Å²) in [6, 6.07) is -2.52. The van der Waals surface area contributed by atoms with Gasteiger partial charge in [0, 0.05) is 26.0 Å². The van der Waals surface area contributed by atoms with E-state index in [9.17, 15) is 58.8 Å². The Labute approximate surface area is 399 Å². The van der Waals surface area contributed by atoms with E-state index in [-0.39, 0.29) is 24.5 Å². The van der Waals surface area contributed by atoms with Crippen molar-refractivity contribution in [2.75, 3.05) is 26.9 Å². The molecule has 0 fully saturated rings. The minimum atomic E-state index is -1.69. The van der Waals surface area contributed by atoms with Gasteiger partial charge in [0.15, 0.2) is 0 Å². The Morgan fingerprint density at radius 1 is 0.824 bits per heavy atom. The van der Waals surface area contributed by atoms with Crippen molar-refractivity contribution in [3.05, 3.63) is 54.1 Å². The smallest absolute Gasteiger partial charge is 0.329 e. The van der Waals surface area contributed by atoms with Crippen molar-refractivity contribution >= 4 is 47.3 Å². The Kier molecular flexibility index (Phi) is 25.5. The summed E-state index contributed by atoms with van der Waals surface area (Å²) >= 11 is 0. The van der Waals surface area contributed by atoms with Gasteiger partial charge >= 0.3 is 5.97 Å². The second-order valence-electron chi connectivity index (χ2n) is 18.1. The van der Waals surface area contributed by atoms with E-state index < -0.39 is 134 Å². The van der Waals surface area contributed by atoms with Gasteiger partial charge in [0.25, 0.3) is 0 Å². The molecule has 2 rings (SSSR count). The molecule has 20 heteroatoms. The molecular formula is C48H75N7O13. The maximum Gasteiger partial charge on any atom is 0.329 e. The third-order valence-electron chi connectivity index (χ3n) is 11.3. The molecule has 10 N–H and O–H groups in total. The number of aromatic hydroxyl groups is 1. The van der Waals surface area contributed by atoms with Gasteiger partial charge in [0.1, 0.15) is 42.6 Å². The predicted molar refractivity (Wildman–Crippen MR) is 252 cm³/mol. The number of hydrogen-bond acceptors (Lipinski definition) is 13. The van der Waals surface area contributed by atoms with Gasteiger partial charge in [0.05, 0.1) is 37.8 Å². The van der Waals surface area contributed by atoms with Crippen LogP contribution in [0, 0.1) is 17.8 Å². The third kappa shape index (κ3) is 19.8. The number of ether oxygens (including phenoxy) is 1. The van der Waals surface area contributed by atoms with E-state index in [4.69, 9.17) is 4.74 Å². The molecule has 1 aliphatic rings. The quantitative estimate of drug-likeness (QED) is 0.0361. The minimum absolute atomic E-state index is 0.000292. The summed E-state index contributed by atoms with van der Waals surface area (Å²) in [6.45, 7) is 10.0. The van der Waals surface area contributed by atoms with Crippen LogP contribution in [-0.2, 0) is 49.5 Å². The average molecular weight is 958 g/mol. The molecule has 0 saturated carbocycles. The van der Waals surface area contributed by atoms with Crippen molar-refractivity contribution < 1.29 is 63.5 Å². The highest BCUT2D eigenvalue weighted by molar-refractivity contribution is 5.95. The second kappa shape index (κ2) is 29.8. The fraction of sp³-hybridized carbons (Fsp3) is 0.625. The van der Waals surface area contributed by atoms with Crippen LogP contribution in [0.15, 0.2) is 48.6 Å². The lowest BCUT2D eigenvalue weighted by atomic mass is 9.99. The van der Waals surface area contributed by atoms with Crippen molar-refractivity contribution in [1.29, 1.82) is 0 Å². The van der Waals surface area contributed by atoms with E-state index in [1.54, 1.807) is 59.8 Å². The fourth-order valence-electron chi connectivity index (χ4n) is 7.08. The van der Waals surface area contributed by atoms with Crippen LogP contribution in [0.3, 0.4) is 0 Å². The number of esters is 1. The first-order valence-corrected chi connectivity index (χ1v) is 23.4. The third-order valence-corrected chi connectivity index (χ3v) is 11.3. The molecule has 1 aromatic carbocycles. The SMILES string of the molecule is CCCCCC/C=C\CC(=O)N[C@@H](CO)C(=O)N[C@H](C(=O)N[C@@H](CO)[C@@H](O)CC(=O)N[C@H](C(=O)N[C@@H]1/C=C\C(=O)N[C@@H](C(C)C)C(=O)N(C)[C@@H](Cc2ccc(O)cc2)C(=O)OC1)C(C)C)C(C)C. The zero-order valence-corrected chi connectivity index (χ0v) is 40.7. The number of rotatable bonds is 25. The Bertz CT molecular complexity index is 1890. The normalized spacial score (nSPS) is 19.7. The number of likely N-dealkylation sites (N-methyl/N-ethyl adjacent to an activating group) is 1. The number of phenolic OH excluding ortho intramolecular Hbond substituents is 1. The molecule has 380 valence electrons. The van der Waals surface area contributed by atoms with Crippen LogP contribution in [-0.4, -0.2) is 148 Å². The van der Waals surface area contributed by atoms with Crippen LogP contribution in [0.4, 0.5) is 0 Å². The molecule has 1 heterocycles. The molecular weight excluding hydrogens is 883 g/mol.